The van der Waals surface area contributed by atoms with Crippen molar-refractivity contribution in [2.45, 2.75) is 17.8 Å². The van der Waals surface area contributed by atoms with Crippen molar-refractivity contribution >= 4 is 38.6 Å². The predicted molar refractivity (Wildman–Crippen MR) is 86.4 cm³/mol. The van der Waals surface area contributed by atoms with Gasteiger partial charge >= 0.3 is 0 Å². The van der Waals surface area contributed by atoms with Crippen molar-refractivity contribution in [3.8, 4) is 0 Å². The lowest BCUT2D eigenvalue weighted by atomic mass is 10.1. The van der Waals surface area contributed by atoms with E-state index in [4.69, 9.17) is 0 Å². The van der Waals surface area contributed by atoms with Gasteiger partial charge in [-0.25, -0.2) is 15.0 Å². The Hall–Kier alpha value is -1.73. The van der Waals surface area contributed by atoms with Crippen molar-refractivity contribution < 1.29 is 0 Å². The van der Waals surface area contributed by atoms with Crippen LogP contribution in [0.25, 0.3) is 10.9 Å². The van der Waals surface area contributed by atoms with Crippen LogP contribution in [0, 0.1) is 6.92 Å². The summed E-state index contributed by atoms with van der Waals surface area (Å²) in [6.45, 7) is 1.94. The number of aromatic nitrogens is 4. The molecule has 0 bridgehead atoms. The summed E-state index contributed by atoms with van der Waals surface area (Å²) < 4.78 is 0.875. The first-order valence-electron chi connectivity index (χ1n) is 6.22. The monoisotopic (exact) mass is 362 g/mol. The van der Waals surface area contributed by atoms with E-state index in [0.717, 1.165) is 15.6 Å². The fraction of sp³-hybridized carbons (Fsp3) is 0.143. The number of rotatable bonds is 3. The van der Waals surface area contributed by atoms with Crippen LogP contribution in [0.5, 0.6) is 0 Å². The normalized spacial score (nSPS) is 11.0. The molecule has 0 aliphatic carbocycles. The highest BCUT2D eigenvalue weighted by Gasteiger charge is 2.08. The lowest BCUT2D eigenvalue weighted by molar-refractivity contribution is 0.958. The number of nitrogens with zero attached hydrogens (tertiary/aromatic N) is 3. The van der Waals surface area contributed by atoms with Crippen LogP contribution in [0.15, 0.2) is 45.0 Å². The fourth-order valence-electron chi connectivity index (χ4n) is 1.98. The minimum absolute atomic E-state index is 0.131. The molecule has 0 aliphatic rings. The molecule has 0 saturated carbocycles. The summed E-state index contributed by atoms with van der Waals surface area (Å²) in [5.41, 5.74) is 1.56. The van der Waals surface area contributed by atoms with E-state index >= 15 is 0 Å². The standard InChI is InChI=1S/C14H11BrN4OS/c1-8-5-9(15)6-10-12(8)18-11(19-13(10)20)7-21-14-16-3-2-4-17-14/h2-6H,7H2,1H3,(H,18,19,20). The Labute approximate surface area is 133 Å². The van der Waals surface area contributed by atoms with Crippen LogP contribution in [0.2, 0.25) is 0 Å². The number of fused-ring (bicyclic) bond motifs is 1. The first-order valence-corrected chi connectivity index (χ1v) is 8.00. The van der Waals surface area contributed by atoms with E-state index in [0.29, 0.717) is 22.1 Å². The molecule has 3 aromatic rings. The number of thioether (sulfide) groups is 1. The number of nitrogens with one attached hydrogen (secondary N) is 1. The van der Waals surface area contributed by atoms with Gasteiger partial charge < -0.3 is 4.98 Å². The summed E-state index contributed by atoms with van der Waals surface area (Å²) in [4.78, 5) is 27.8. The molecule has 0 saturated heterocycles. The second-order valence-corrected chi connectivity index (χ2v) is 6.31. The maximum absolute atomic E-state index is 12.2. The minimum atomic E-state index is -0.131. The highest BCUT2D eigenvalue weighted by Crippen LogP contribution is 2.21. The first-order chi connectivity index (χ1) is 10.1. The van der Waals surface area contributed by atoms with E-state index in [1.54, 1.807) is 24.5 Å². The third-order valence-electron chi connectivity index (χ3n) is 2.89. The average molecular weight is 363 g/mol. The zero-order valence-corrected chi connectivity index (χ0v) is 13.5. The highest BCUT2D eigenvalue weighted by molar-refractivity contribution is 9.10. The van der Waals surface area contributed by atoms with Crippen molar-refractivity contribution in [3.05, 3.63) is 56.8 Å². The maximum atomic E-state index is 12.2. The second kappa shape index (κ2) is 5.95. The van der Waals surface area contributed by atoms with Crippen LogP contribution in [-0.2, 0) is 5.75 Å². The van der Waals surface area contributed by atoms with Gasteiger partial charge in [0.2, 0.25) is 0 Å². The molecule has 1 aromatic carbocycles. The molecule has 1 N–H and O–H groups in total. The third kappa shape index (κ3) is 3.14. The lowest BCUT2D eigenvalue weighted by Gasteiger charge is -2.05. The predicted octanol–water partition coefficient (Wildman–Crippen LogP) is 3.08. The van der Waals surface area contributed by atoms with E-state index in [-0.39, 0.29) is 5.56 Å². The van der Waals surface area contributed by atoms with Gasteiger partial charge in [0.25, 0.3) is 5.56 Å². The first kappa shape index (κ1) is 14.2. The van der Waals surface area contributed by atoms with Crippen LogP contribution >= 0.6 is 27.7 Å². The van der Waals surface area contributed by atoms with E-state index in [1.807, 2.05) is 13.0 Å². The van der Waals surface area contributed by atoms with Gasteiger partial charge in [-0.3, -0.25) is 4.79 Å². The SMILES string of the molecule is Cc1cc(Br)cc2c(=O)[nH]c(CSc3ncccn3)nc12. The van der Waals surface area contributed by atoms with Gasteiger partial charge in [0.15, 0.2) is 5.16 Å². The molecule has 7 heteroatoms. The number of hydrogen-bond donors (Lipinski definition) is 1. The summed E-state index contributed by atoms with van der Waals surface area (Å²) in [6.07, 6.45) is 3.38. The molecule has 0 amide bonds. The molecule has 0 atom stereocenters. The van der Waals surface area contributed by atoms with Gasteiger partial charge in [0, 0.05) is 16.9 Å². The van der Waals surface area contributed by atoms with Gasteiger partial charge in [-0.15, -0.1) is 0 Å². The Morgan fingerprint density at radius 3 is 2.81 bits per heavy atom. The average Bonchev–Trinajstić information content (AvgIpc) is 2.47. The Balaban J connectivity index is 1.95. The fourth-order valence-corrected chi connectivity index (χ4v) is 3.23. The molecule has 0 aliphatic heterocycles. The second-order valence-electron chi connectivity index (χ2n) is 4.45. The molecule has 0 spiro atoms. The molecule has 2 heterocycles. The van der Waals surface area contributed by atoms with Crippen LogP contribution in [0.4, 0.5) is 0 Å². The van der Waals surface area contributed by atoms with Gasteiger partial charge in [-0.05, 0) is 30.7 Å². The Morgan fingerprint density at radius 2 is 2.05 bits per heavy atom. The van der Waals surface area contributed by atoms with Crippen LogP contribution in [-0.4, -0.2) is 19.9 Å². The summed E-state index contributed by atoms with van der Waals surface area (Å²) in [6, 6.07) is 5.50. The number of hydrogen-bond acceptors (Lipinski definition) is 5. The molecule has 2 aromatic heterocycles. The van der Waals surface area contributed by atoms with Gasteiger partial charge in [-0.2, -0.15) is 0 Å². The number of aromatic amines is 1. The van der Waals surface area contributed by atoms with E-state index in [9.17, 15) is 4.79 Å². The maximum Gasteiger partial charge on any atom is 0.258 e. The highest BCUT2D eigenvalue weighted by atomic mass is 79.9. The molecule has 5 nitrogen and oxygen atoms in total. The van der Waals surface area contributed by atoms with Crippen molar-refractivity contribution in [2.24, 2.45) is 0 Å². The molecule has 0 radical (unpaired) electrons. The van der Waals surface area contributed by atoms with Crippen LogP contribution in [0.3, 0.4) is 0 Å². The van der Waals surface area contributed by atoms with Crippen molar-refractivity contribution in [1.82, 2.24) is 19.9 Å². The third-order valence-corrected chi connectivity index (χ3v) is 4.24. The van der Waals surface area contributed by atoms with E-state index in [2.05, 4.69) is 35.9 Å². The zero-order chi connectivity index (χ0) is 14.8. The zero-order valence-electron chi connectivity index (χ0n) is 11.1. The van der Waals surface area contributed by atoms with E-state index in [1.165, 1.54) is 11.8 Å². The molecule has 106 valence electrons. The molecule has 0 fully saturated rings. The summed E-state index contributed by atoms with van der Waals surface area (Å²) in [7, 11) is 0. The van der Waals surface area contributed by atoms with Gasteiger partial charge in [0.05, 0.1) is 16.7 Å². The van der Waals surface area contributed by atoms with Crippen molar-refractivity contribution in [2.75, 3.05) is 0 Å². The molecule has 21 heavy (non-hydrogen) atoms. The van der Waals surface area contributed by atoms with Crippen LogP contribution in [0.1, 0.15) is 11.4 Å². The molecular formula is C14H11BrN4OS. The summed E-state index contributed by atoms with van der Waals surface area (Å²) in [5, 5.41) is 1.25. The summed E-state index contributed by atoms with van der Waals surface area (Å²) in [5.74, 6) is 1.14. The van der Waals surface area contributed by atoms with Crippen LogP contribution < -0.4 is 5.56 Å². The van der Waals surface area contributed by atoms with Crippen molar-refractivity contribution in [3.63, 3.8) is 0 Å². The van der Waals surface area contributed by atoms with E-state index < -0.39 is 0 Å². The van der Waals surface area contributed by atoms with Gasteiger partial charge in [0.1, 0.15) is 5.82 Å². The Bertz CT molecular complexity index is 851. The molecule has 0 unspecified atom stereocenters. The largest absolute Gasteiger partial charge is 0.309 e. The minimum Gasteiger partial charge on any atom is -0.309 e. The smallest absolute Gasteiger partial charge is 0.258 e. The topological polar surface area (TPSA) is 71.5 Å². The number of halogens is 1. The lowest BCUT2D eigenvalue weighted by Crippen LogP contribution is -2.12. The summed E-state index contributed by atoms with van der Waals surface area (Å²) >= 11 is 4.83. The number of H-pyrrole nitrogens is 1. The van der Waals surface area contributed by atoms with Crippen molar-refractivity contribution in [1.29, 1.82) is 0 Å². The molecule has 3 rings (SSSR count). The molecular weight excluding hydrogens is 352 g/mol. The van der Waals surface area contributed by atoms with Gasteiger partial charge in [-0.1, -0.05) is 27.7 Å². The Kier molecular flexibility index (Phi) is 4.03. The number of benzene rings is 1. The number of aryl methyl sites for hydroxylation is 1. The Morgan fingerprint density at radius 1 is 1.29 bits per heavy atom. The quantitative estimate of drug-likeness (QED) is 0.572.